The molecule has 6 nitrogen and oxygen atoms in total. The molecule has 1 atom stereocenters. The fourth-order valence-electron chi connectivity index (χ4n) is 4.88. The summed E-state index contributed by atoms with van der Waals surface area (Å²) in [7, 11) is 0. The zero-order valence-corrected chi connectivity index (χ0v) is 17.3. The topological polar surface area (TPSA) is 53.1 Å². The van der Waals surface area contributed by atoms with Gasteiger partial charge in [0, 0.05) is 32.1 Å². The molecule has 0 radical (unpaired) electrons. The van der Waals surface area contributed by atoms with Crippen LogP contribution in [0.1, 0.15) is 43.7 Å². The van der Waals surface area contributed by atoms with Crippen LogP contribution in [0.3, 0.4) is 0 Å². The van der Waals surface area contributed by atoms with Crippen molar-refractivity contribution in [1.82, 2.24) is 14.7 Å². The fraction of sp³-hybridized carbons (Fsp3) is 0.652. The van der Waals surface area contributed by atoms with Gasteiger partial charge in [-0.15, -0.1) is 0 Å². The maximum atomic E-state index is 13.5. The van der Waals surface area contributed by atoms with E-state index in [9.17, 15) is 9.59 Å². The molecule has 4 rings (SSSR count). The molecule has 3 aliphatic rings. The summed E-state index contributed by atoms with van der Waals surface area (Å²) < 4.78 is 5.37. The van der Waals surface area contributed by atoms with Crippen molar-refractivity contribution in [3.63, 3.8) is 0 Å². The molecule has 29 heavy (non-hydrogen) atoms. The lowest BCUT2D eigenvalue weighted by Crippen LogP contribution is -2.50. The molecule has 3 saturated heterocycles. The van der Waals surface area contributed by atoms with Crippen LogP contribution < -0.4 is 0 Å². The molecule has 0 N–H and O–H groups in total. The molecular formula is C23H33N3O3. The Morgan fingerprint density at radius 3 is 2.14 bits per heavy atom. The van der Waals surface area contributed by atoms with Crippen molar-refractivity contribution < 1.29 is 14.3 Å². The Balaban J connectivity index is 1.43. The van der Waals surface area contributed by atoms with Crippen LogP contribution in [0.15, 0.2) is 30.3 Å². The van der Waals surface area contributed by atoms with E-state index in [0.717, 1.165) is 57.4 Å². The number of likely N-dealkylation sites (tertiary alicyclic amines) is 2. The van der Waals surface area contributed by atoms with E-state index in [0.29, 0.717) is 26.3 Å². The first kappa shape index (κ1) is 20.4. The number of hydrogen-bond acceptors (Lipinski definition) is 4. The molecular weight excluding hydrogens is 366 g/mol. The third kappa shape index (κ3) is 4.81. The molecule has 1 unspecified atom stereocenters. The van der Waals surface area contributed by atoms with Gasteiger partial charge in [-0.3, -0.25) is 14.5 Å². The zero-order chi connectivity index (χ0) is 20.1. The quantitative estimate of drug-likeness (QED) is 0.780. The first-order valence-electron chi connectivity index (χ1n) is 11.2. The average molecular weight is 400 g/mol. The Bertz CT molecular complexity index is 676. The number of rotatable bonds is 4. The number of morpholine rings is 1. The van der Waals surface area contributed by atoms with Gasteiger partial charge in [-0.1, -0.05) is 30.3 Å². The Kier molecular flexibility index (Phi) is 6.82. The second-order valence-electron chi connectivity index (χ2n) is 8.45. The Labute approximate surface area is 173 Å². The van der Waals surface area contributed by atoms with Crippen molar-refractivity contribution in [2.24, 2.45) is 5.92 Å². The summed E-state index contributed by atoms with van der Waals surface area (Å²) in [6, 6.07) is 9.93. The smallest absolute Gasteiger partial charge is 0.244 e. The van der Waals surface area contributed by atoms with E-state index >= 15 is 0 Å². The second kappa shape index (κ2) is 9.72. The molecule has 0 saturated carbocycles. The number of amides is 2. The minimum atomic E-state index is -0.228. The number of benzene rings is 1. The molecule has 0 bridgehead atoms. The largest absolute Gasteiger partial charge is 0.378 e. The molecule has 0 spiro atoms. The Morgan fingerprint density at radius 1 is 0.828 bits per heavy atom. The third-order valence-electron chi connectivity index (χ3n) is 6.58. The molecule has 1 aromatic carbocycles. The van der Waals surface area contributed by atoms with E-state index in [4.69, 9.17) is 4.74 Å². The standard InChI is InChI=1S/C23H33N3O3/c27-22(26-15-17-29-18-16-26)20-9-13-24(14-10-20)21(19-7-3-1-4-8-19)23(28)25-11-5-2-6-12-25/h1,3-4,7-8,20-21H,2,5-6,9-18H2. The number of nitrogens with zero attached hydrogens (tertiary/aromatic N) is 3. The highest BCUT2D eigenvalue weighted by Gasteiger charge is 2.36. The third-order valence-corrected chi connectivity index (χ3v) is 6.58. The molecule has 3 fully saturated rings. The van der Waals surface area contributed by atoms with E-state index in [1.54, 1.807) is 0 Å². The lowest BCUT2D eigenvalue weighted by molar-refractivity contribution is -0.143. The van der Waals surface area contributed by atoms with E-state index in [1.807, 2.05) is 28.0 Å². The predicted molar refractivity (Wildman–Crippen MR) is 111 cm³/mol. The molecule has 1 aromatic rings. The SMILES string of the molecule is O=C(C1CCN(C(C(=O)N2CCCCC2)c2ccccc2)CC1)N1CCOCC1. The Morgan fingerprint density at radius 2 is 1.48 bits per heavy atom. The zero-order valence-electron chi connectivity index (χ0n) is 17.3. The van der Waals surface area contributed by atoms with Gasteiger partial charge in [0.05, 0.1) is 13.2 Å². The maximum Gasteiger partial charge on any atom is 0.244 e. The Hall–Kier alpha value is -1.92. The molecule has 0 aliphatic carbocycles. The maximum absolute atomic E-state index is 13.5. The van der Waals surface area contributed by atoms with Crippen LogP contribution >= 0.6 is 0 Å². The molecule has 3 heterocycles. The summed E-state index contributed by atoms with van der Waals surface area (Å²) in [6.07, 6.45) is 5.07. The highest BCUT2D eigenvalue weighted by molar-refractivity contribution is 5.83. The first-order chi connectivity index (χ1) is 14.2. The van der Waals surface area contributed by atoms with Crippen molar-refractivity contribution >= 4 is 11.8 Å². The van der Waals surface area contributed by atoms with Crippen molar-refractivity contribution in [3.8, 4) is 0 Å². The van der Waals surface area contributed by atoms with Crippen molar-refractivity contribution in [3.05, 3.63) is 35.9 Å². The normalized spacial score (nSPS) is 23.0. The van der Waals surface area contributed by atoms with Crippen LogP contribution in [-0.2, 0) is 14.3 Å². The van der Waals surface area contributed by atoms with Gasteiger partial charge < -0.3 is 14.5 Å². The van der Waals surface area contributed by atoms with Crippen LogP contribution in [-0.4, -0.2) is 79.0 Å². The van der Waals surface area contributed by atoms with Crippen LogP contribution in [0.2, 0.25) is 0 Å². The van der Waals surface area contributed by atoms with Crippen molar-refractivity contribution in [2.45, 2.75) is 38.1 Å². The fourth-order valence-corrected chi connectivity index (χ4v) is 4.88. The highest BCUT2D eigenvalue weighted by Crippen LogP contribution is 2.30. The lowest BCUT2D eigenvalue weighted by atomic mass is 9.92. The number of carbonyl (C=O) groups is 2. The van der Waals surface area contributed by atoms with E-state index in [-0.39, 0.29) is 23.8 Å². The number of piperidine rings is 2. The van der Waals surface area contributed by atoms with Gasteiger partial charge in [-0.25, -0.2) is 0 Å². The molecule has 158 valence electrons. The van der Waals surface area contributed by atoms with Gasteiger partial charge >= 0.3 is 0 Å². The molecule has 2 amide bonds. The van der Waals surface area contributed by atoms with Crippen molar-refractivity contribution in [2.75, 3.05) is 52.5 Å². The summed E-state index contributed by atoms with van der Waals surface area (Å²) in [5.41, 5.74) is 1.07. The average Bonchev–Trinajstić information content (AvgIpc) is 2.81. The second-order valence-corrected chi connectivity index (χ2v) is 8.45. The van der Waals surface area contributed by atoms with Gasteiger partial charge in [-0.2, -0.15) is 0 Å². The summed E-state index contributed by atoms with van der Waals surface area (Å²) in [6.45, 7) is 6.02. The van der Waals surface area contributed by atoms with Crippen LogP contribution in [0.5, 0.6) is 0 Å². The van der Waals surface area contributed by atoms with E-state index in [2.05, 4.69) is 17.0 Å². The van der Waals surface area contributed by atoms with Gasteiger partial charge in [-0.05, 0) is 50.8 Å². The minimum absolute atomic E-state index is 0.0749. The molecule has 0 aromatic heterocycles. The first-order valence-corrected chi connectivity index (χ1v) is 11.2. The number of ether oxygens (including phenoxy) is 1. The number of hydrogen-bond donors (Lipinski definition) is 0. The summed E-state index contributed by atoms with van der Waals surface area (Å²) in [5, 5.41) is 0. The molecule has 6 heteroatoms. The number of carbonyl (C=O) groups excluding carboxylic acids is 2. The van der Waals surface area contributed by atoms with Crippen LogP contribution in [0.4, 0.5) is 0 Å². The van der Waals surface area contributed by atoms with Gasteiger partial charge in [0.15, 0.2) is 0 Å². The van der Waals surface area contributed by atoms with Crippen LogP contribution in [0, 0.1) is 5.92 Å². The summed E-state index contributed by atoms with van der Waals surface area (Å²) in [5.74, 6) is 0.575. The minimum Gasteiger partial charge on any atom is -0.378 e. The van der Waals surface area contributed by atoms with Gasteiger partial charge in [0.1, 0.15) is 6.04 Å². The highest BCUT2D eigenvalue weighted by atomic mass is 16.5. The summed E-state index contributed by atoms with van der Waals surface area (Å²) >= 11 is 0. The van der Waals surface area contributed by atoms with Gasteiger partial charge in [0.25, 0.3) is 0 Å². The van der Waals surface area contributed by atoms with Gasteiger partial charge in [0.2, 0.25) is 11.8 Å². The lowest BCUT2D eigenvalue weighted by Gasteiger charge is -2.40. The van der Waals surface area contributed by atoms with E-state index in [1.165, 1.54) is 6.42 Å². The predicted octanol–water partition coefficient (Wildman–Crippen LogP) is 2.31. The van der Waals surface area contributed by atoms with E-state index < -0.39 is 0 Å². The molecule has 3 aliphatic heterocycles. The van der Waals surface area contributed by atoms with Crippen LogP contribution in [0.25, 0.3) is 0 Å². The van der Waals surface area contributed by atoms with Crippen molar-refractivity contribution in [1.29, 1.82) is 0 Å². The summed E-state index contributed by atoms with van der Waals surface area (Å²) in [4.78, 5) is 32.6. The monoisotopic (exact) mass is 399 g/mol.